The number of aliphatic carboxylic acids is 2. The van der Waals surface area contributed by atoms with E-state index in [2.05, 4.69) is 4.89 Å². The van der Waals surface area contributed by atoms with Gasteiger partial charge in [0.1, 0.15) is 0 Å². The summed E-state index contributed by atoms with van der Waals surface area (Å²) in [5, 5.41) is 23.3. The lowest BCUT2D eigenvalue weighted by Crippen LogP contribution is -1.99. The molecule has 90 valence electrons. The van der Waals surface area contributed by atoms with Crippen LogP contribution in [-0.2, 0) is 14.5 Å². The van der Waals surface area contributed by atoms with E-state index < -0.39 is 11.9 Å². The Balaban J connectivity index is -0.000000166. The van der Waals surface area contributed by atoms with E-state index in [9.17, 15) is 9.59 Å². The van der Waals surface area contributed by atoms with Gasteiger partial charge in [0.15, 0.2) is 0 Å². The Bertz CT molecular complexity index is 157. The summed E-state index contributed by atoms with van der Waals surface area (Å²) >= 11 is 0. The van der Waals surface area contributed by atoms with Crippen LogP contribution in [0.4, 0.5) is 0 Å². The van der Waals surface area contributed by atoms with E-state index >= 15 is 0 Å². The second-order valence-electron chi connectivity index (χ2n) is 2.12. The lowest BCUT2D eigenvalue weighted by Gasteiger charge is -1.86. The zero-order chi connectivity index (χ0) is 12.7. The fourth-order valence-corrected chi connectivity index (χ4v) is 0.347. The Kier molecular flexibility index (Phi) is 23.3. The van der Waals surface area contributed by atoms with Gasteiger partial charge in [-0.2, -0.15) is 0 Å². The molecule has 0 aromatic carbocycles. The highest BCUT2D eigenvalue weighted by atomic mass is 17.1. The van der Waals surface area contributed by atoms with Gasteiger partial charge in [-0.05, 0) is 6.42 Å². The van der Waals surface area contributed by atoms with Gasteiger partial charge in [-0.3, -0.25) is 14.8 Å². The summed E-state index contributed by atoms with van der Waals surface area (Å²) < 4.78 is 0. The van der Waals surface area contributed by atoms with E-state index in [0.717, 1.165) is 6.42 Å². The molecule has 0 bridgehead atoms. The first kappa shape index (κ1) is 19.1. The van der Waals surface area contributed by atoms with Gasteiger partial charge < -0.3 is 10.2 Å². The van der Waals surface area contributed by atoms with Gasteiger partial charge >= 0.3 is 11.9 Å². The summed E-state index contributed by atoms with van der Waals surface area (Å²) in [6, 6.07) is 0. The van der Waals surface area contributed by atoms with E-state index in [4.69, 9.17) is 25.4 Å². The number of carboxylic acids is 2. The van der Waals surface area contributed by atoms with E-state index in [1.165, 1.54) is 0 Å². The molecule has 8 heteroatoms. The molecule has 0 fully saturated rings. The molecule has 0 aliphatic heterocycles. The van der Waals surface area contributed by atoms with Crippen molar-refractivity contribution in [1.82, 2.24) is 0 Å². The minimum Gasteiger partial charge on any atom is -0.481 e. The minimum atomic E-state index is -0.978. The summed E-state index contributed by atoms with van der Waals surface area (Å²) in [6.07, 6.45) is 0.867. The highest BCUT2D eigenvalue weighted by Gasteiger charge is 1.92. The Labute approximate surface area is 85.6 Å². The van der Waals surface area contributed by atoms with Crippen LogP contribution in [0.3, 0.4) is 0 Å². The maximum atomic E-state index is 9.60. The first-order chi connectivity index (χ1) is 7.04. The van der Waals surface area contributed by atoms with Crippen molar-refractivity contribution in [2.45, 2.75) is 26.2 Å². The largest absolute Gasteiger partial charge is 0.481 e. The number of hydrogen-bond donors (Lipinski definition) is 3. The lowest BCUT2D eigenvalue weighted by atomic mass is 10.4. The molecule has 8 nitrogen and oxygen atoms in total. The molecular weight excluding hydrogens is 212 g/mol. The minimum absolute atomic E-state index is 0.144. The molecule has 0 unspecified atom stereocenters. The van der Waals surface area contributed by atoms with Gasteiger partial charge in [0.2, 0.25) is 0 Å². The van der Waals surface area contributed by atoms with Crippen molar-refractivity contribution >= 4 is 11.9 Å². The maximum absolute atomic E-state index is 9.60. The van der Waals surface area contributed by atoms with Crippen LogP contribution in [0.2, 0.25) is 0 Å². The first-order valence-electron chi connectivity index (χ1n) is 3.91. The average molecular weight is 226 g/mol. The van der Waals surface area contributed by atoms with Crippen molar-refractivity contribution in [3.8, 4) is 0 Å². The van der Waals surface area contributed by atoms with Crippen LogP contribution in [0.25, 0.3) is 0 Å². The topological polar surface area (TPSA) is 138 Å². The van der Waals surface area contributed by atoms with Crippen LogP contribution in [0.1, 0.15) is 26.2 Å². The molecular formula is C7H14O8. The SMILES string of the molecule is CCCC(=O)O.O=C(O)CCOO.O=O. The fourth-order valence-electron chi connectivity index (χ4n) is 0.347. The fraction of sp³-hybridized carbons (Fsp3) is 0.714. The zero-order valence-electron chi connectivity index (χ0n) is 8.21. The van der Waals surface area contributed by atoms with Crippen LogP contribution in [0.15, 0.2) is 0 Å². The molecule has 0 saturated carbocycles. The second-order valence-corrected chi connectivity index (χ2v) is 2.12. The summed E-state index contributed by atoms with van der Waals surface area (Å²) in [5.74, 6) is -1.69. The third kappa shape index (κ3) is 45.7. The van der Waals surface area contributed by atoms with Gasteiger partial charge in [0, 0.05) is 16.4 Å². The van der Waals surface area contributed by atoms with E-state index in [1.54, 1.807) is 0 Å². The average Bonchev–Trinajstić information content (AvgIpc) is 2.18. The molecule has 0 atom stereocenters. The predicted octanol–water partition coefficient (Wildman–Crippen LogP) is 0.889. The number of rotatable bonds is 5. The summed E-state index contributed by atoms with van der Waals surface area (Å²) in [7, 11) is 0. The van der Waals surface area contributed by atoms with E-state index in [1.807, 2.05) is 6.92 Å². The molecule has 0 aromatic rings. The van der Waals surface area contributed by atoms with Crippen molar-refractivity contribution in [2.24, 2.45) is 0 Å². The Hall–Kier alpha value is -1.54. The molecule has 3 N–H and O–H groups in total. The number of carboxylic acid groups (broad SMARTS) is 2. The van der Waals surface area contributed by atoms with Crippen LogP contribution in [0.5, 0.6) is 0 Å². The zero-order valence-corrected chi connectivity index (χ0v) is 8.21. The molecule has 0 aliphatic rings. The van der Waals surface area contributed by atoms with Crippen molar-refractivity contribution < 1.29 is 29.9 Å². The number of carbonyl (C=O) groups is 2. The standard InChI is InChI=1S/C4H8O2.C3H6O4.O2/c1-2-3-4(5)6;4-3(5)1-2-7-6;1-2/h2-3H2,1H3,(H,5,6);6H,1-2H2,(H,4,5);. The van der Waals surface area contributed by atoms with E-state index in [-0.39, 0.29) is 13.0 Å². The summed E-state index contributed by atoms with van der Waals surface area (Å²) in [4.78, 5) is 36.6. The molecule has 0 aromatic heterocycles. The molecule has 0 saturated heterocycles. The van der Waals surface area contributed by atoms with Gasteiger partial charge in [-0.25, -0.2) is 4.89 Å². The molecule has 0 aliphatic carbocycles. The van der Waals surface area contributed by atoms with Crippen molar-refractivity contribution in [2.75, 3.05) is 6.61 Å². The van der Waals surface area contributed by atoms with Gasteiger partial charge in [0.25, 0.3) is 0 Å². The van der Waals surface area contributed by atoms with Gasteiger partial charge in [-0.1, -0.05) is 6.92 Å². The Morgan fingerprint density at radius 1 is 1.07 bits per heavy atom. The quantitative estimate of drug-likeness (QED) is 0.464. The Morgan fingerprint density at radius 3 is 1.53 bits per heavy atom. The van der Waals surface area contributed by atoms with Crippen molar-refractivity contribution in [3.05, 3.63) is 9.93 Å². The third-order valence-electron chi connectivity index (χ3n) is 0.871. The summed E-state index contributed by atoms with van der Waals surface area (Å²) in [5.41, 5.74) is 0. The van der Waals surface area contributed by atoms with Crippen LogP contribution < -0.4 is 0 Å². The highest BCUT2D eigenvalue weighted by molar-refractivity contribution is 5.66. The predicted molar refractivity (Wildman–Crippen MR) is 50.1 cm³/mol. The highest BCUT2D eigenvalue weighted by Crippen LogP contribution is 1.82. The lowest BCUT2D eigenvalue weighted by molar-refractivity contribution is -0.243. The van der Waals surface area contributed by atoms with Crippen LogP contribution in [0, 0.1) is 9.93 Å². The Morgan fingerprint density at radius 2 is 1.47 bits per heavy atom. The normalized spacial score (nSPS) is 7.60. The smallest absolute Gasteiger partial charge is 0.305 e. The maximum Gasteiger partial charge on any atom is 0.305 e. The van der Waals surface area contributed by atoms with E-state index in [0.29, 0.717) is 6.42 Å². The van der Waals surface area contributed by atoms with Crippen molar-refractivity contribution in [1.29, 1.82) is 0 Å². The molecule has 0 heterocycles. The molecule has 0 rings (SSSR count). The number of hydrogen-bond acceptors (Lipinski definition) is 6. The molecule has 0 amide bonds. The summed E-state index contributed by atoms with van der Waals surface area (Å²) in [6.45, 7) is 1.70. The molecule has 15 heavy (non-hydrogen) atoms. The van der Waals surface area contributed by atoms with Crippen molar-refractivity contribution in [3.63, 3.8) is 0 Å². The monoisotopic (exact) mass is 226 g/mol. The second kappa shape index (κ2) is 18.3. The van der Waals surface area contributed by atoms with Crippen LogP contribution in [-0.4, -0.2) is 34.0 Å². The molecule has 0 spiro atoms. The first-order valence-corrected chi connectivity index (χ1v) is 3.91. The van der Waals surface area contributed by atoms with Gasteiger partial charge in [0.05, 0.1) is 13.0 Å². The van der Waals surface area contributed by atoms with Crippen LogP contribution >= 0.6 is 0 Å². The van der Waals surface area contributed by atoms with Gasteiger partial charge in [-0.15, -0.1) is 0 Å². The molecule has 0 radical (unpaired) electrons. The third-order valence-corrected chi connectivity index (χ3v) is 0.871.